The minimum atomic E-state index is -1.27. The van der Waals surface area contributed by atoms with E-state index in [2.05, 4.69) is 16.9 Å². The molecule has 1 heterocycles. The summed E-state index contributed by atoms with van der Waals surface area (Å²) in [5, 5.41) is -1.27. The Hall–Kier alpha value is -0.560. The summed E-state index contributed by atoms with van der Waals surface area (Å²) in [6, 6.07) is 0. The standard InChI is InChI=1S/C10H16FN2P/c1-4-5-9-12-6-8(7-13-9)10(2,11)14-3/h6-7,14H,4-5H2,1-3H3. The lowest BCUT2D eigenvalue weighted by molar-refractivity contribution is 0.318. The molecular weight excluding hydrogens is 198 g/mol. The van der Waals surface area contributed by atoms with Crippen molar-refractivity contribution in [3.05, 3.63) is 23.8 Å². The van der Waals surface area contributed by atoms with E-state index in [1.54, 1.807) is 19.3 Å². The van der Waals surface area contributed by atoms with Crippen molar-refractivity contribution in [3.8, 4) is 0 Å². The lowest BCUT2D eigenvalue weighted by atomic mass is 10.2. The number of aryl methyl sites for hydroxylation is 1. The highest BCUT2D eigenvalue weighted by Crippen LogP contribution is 2.39. The lowest BCUT2D eigenvalue weighted by Crippen LogP contribution is -2.09. The number of nitrogens with zero attached hydrogens (tertiary/aromatic N) is 2. The van der Waals surface area contributed by atoms with Gasteiger partial charge in [0.2, 0.25) is 0 Å². The average molecular weight is 214 g/mol. The summed E-state index contributed by atoms with van der Waals surface area (Å²) in [7, 11) is 0.213. The Labute approximate surface area is 86.1 Å². The Bertz CT molecular complexity index is 285. The van der Waals surface area contributed by atoms with Crippen LogP contribution in [0.25, 0.3) is 0 Å². The molecule has 14 heavy (non-hydrogen) atoms. The van der Waals surface area contributed by atoms with E-state index in [4.69, 9.17) is 0 Å². The quantitative estimate of drug-likeness (QED) is 0.720. The van der Waals surface area contributed by atoms with Crippen molar-refractivity contribution < 1.29 is 4.39 Å². The molecule has 0 spiro atoms. The molecule has 2 atom stereocenters. The molecule has 1 aromatic heterocycles. The molecule has 0 radical (unpaired) electrons. The Morgan fingerprint density at radius 2 is 2.00 bits per heavy atom. The fraction of sp³-hybridized carbons (Fsp3) is 0.600. The SMILES string of the molecule is CCCc1ncc(C(C)(F)PC)cn1. The molecule has 0 fully saturated rings. The summed E-state index contributed by atoms with van der Waals surface area (Å²) >= 11 is 0. The molecule has 0 N–H and O–H groups in total. The van der Waals surface area contributed by atoms with Crippen molar-refractivity contribution in [2.24, 2.45) is 0 Å². The van der Waals surface area contributed by atoms with Crippen molar-refractivity contribution in [1.82, 2.24) is 9.97 Å². The first-order valence-electron chi connectivity index (χ1n) is 4.79. The van der Waals surface area contributed by atoms with Gasteiger partial charge in [-0.2, -0.15) is 0 Å². The third-order valence-electron chi connectivity index (χ3n) is 2.19. The second kappa shape index (κ2) is 4.79. The zero-order chi connectivity index (χ0) is 10.6. The minimum absolute atomic E-state index is 0.213. The molecule has 0 aliphatic carbocycles. The minimum Gasteiger partial charge on any atom is -0.241 e. The third-order valence-corrected chi connectivity index (χ3v) is 3.42. The highest BCUT2D eigenvalue weighted by atomic mass is 31.1. The van der Waals surface area contributed by atoms with Crippen LogP contribution in [0.15, 0.2) is 12.4 Å². The lowest BCUT2D eigenvalue weighted by Gasteiger charge is -2.17. The third kappa shape index (κ3) is 2.71. The Morgan fingerprint density at radius 1 is 1.43 bits per heavy atom. The molecule has 1 rings (SSSR count). The number of hydrogen-bond donors (Lipinski definition) is 0. The van der Waals surface area contributed by atoms with Gasteiger partial charge in [-0.1, -0.05) is 15.5 Å². The predicted molar refractivity (Wildman–Crippen MR) is 58.7 cm³/mol. The van der Waals surface area contributed by atoms with Gasteiger partial charge in [0, 0.05) is 24.4 Å². The van der Waals surface area contributed by atoms with Gasteiger partial charge in [0.1, 0.15) is 5.82 Å². The van der Waals surface area contributed by atoms with Crippen LogP contribution in [-0.4, -0.2) is 16.6 Å². The number of hydrogen-bond acceptors (Lipinski definition) is 2. The smallest absolute Gasteiger partial charge is 0.151 e. The summed E-state index contributed by atoms with van der Waals surface area (Å²) in [5.74, 6) is 0.798. The number of rotatable bonds is 4. The van der Waals surface area contributed by atoms with Gasteiger partial charge in [-0.3, -0.25) is 0 Å². The summed E-state index contributed by atoms with van der Waals surface area (Å²) in [5.41, 5.74) is 0.582. The highest BCUT2D eigenvalue weighted by Gasteiger charge is 2.23. The first-order chi connectivity index (χ1) is 6.60. The molecule has 0 saturated carbocycles. The predicted octanol–water partition coefficient (Wildman–Crippen LogP) is 2.88. The first-order valence-corrected chi connectivity index (χ1v) is 6.29. The van der Waals surface area contributed by atoms with Crippen LogP contribution in [0.5, 0.6) is 0 Å². The van der Waals surface area contributed by atoms with Crippen LogP contribution in [-0.2, 0) is 11.8 Å². The van der Waals surface area contributed by atoms with Crippen LogP contribution < -0.4 is 0 Å². The molecule has 2 unspecified atom stereocenters. The molecule has 2 nitrogen and oxygen atoms in total. The van der Waals surface area contributed by atoms with Crippen molar-refractivity contribution in [2.75, 3.05) is 6.66 Å². The maximum atomic E-state index is 13.8. The fourth-order valence-corrected chi connectivity index (χ4v) is 1.51. The van der Waals surface area contributed by atoms with Crippen molar-refractivity contribution in [3.63, 3.8) is 0 Å². The highest BCUT2D eigenvalue weighted by molar-refractivity contribution is 7.38. The van der Waals surface area contributed by atoms with E-state index in [9.17, 15) is 4.39 Å². The van der Waals surface area contributed by atoms with Crippen LogP contribution in [0, 0.1) is 0 Å². The summed E-state index contributed by atoms with van der Waals surface area (Å²) in [4.78, 5) is 8.27. The van der Waals surface area contributed by atoms with Gasteiger partial charge >= 0.3 is 0 Å². The molecule has 0 aliphatic rings. The van der Waals surface area contributed by atoms with Gasteiger partial charge < -0.3 is 0 Å². The van der Waals surface area contributed by atoms with Crippen LogP contribution in [0.3, 0.4) is 0 Å². The number of alkyl halides is 1. The first kappa shape index (κ1) is 11.5. The van der Waals surface area contributed by atoms with E-state index in [0.717, 1.165) is 18.7 Å². The van der Waals surface area contributed by atoms with Crippen LogP contribution in [0.1, 0.15) is 31.7 Å². The van der Waals surface area contributed by atoms with Crippen molar-refractivity contribution >= 4 is 8.58 Å². The monoisotopic (exact) mass is 214 g/mol. The maximum absolute atomic E-state index is 13.8. The average Bonchev–Trinajstić information content (AvgIpc) is 2.19. The topological polar surface area (TPSA) is 25.8 Å². The van der Waals surface area contributed by atoms with Crippen LogP contribution >= 0.6 is 8.58 Å². The Kier molecular flexibility index (Phi) is 3.94. The Balaban J connectivity index is 2.82. The van der Waals surface area contributed by atoms with E-state index in [1.807, 2.05) is 6.66 Å². The molecular formula is C10H16FN2P. The molecule has 0 saturated heterocycles. The second-order valence-electron chi connectivity index (χ2n) is 3.39. The largest absolute Gasteiger partial charge is 0.241 e. The van der Waals surface area contributed by atoms with Crippen LogP contribution in [0.2, 0.25) is 0 Å². The molecule has 0 aromatic carbocycles. The summed E-state index contributed by atoms with van der Waals surface area (Å²) in [6.45, 7) is 5.49. The normalized spacial score (nSPS) is 16.0. The molecule has 1 aromatic rings. The van der Waals surface area contributed by atoms with Gasteiger partial charge in [-0.05, 0) is 20.0 Å². The van der Waals surface area contributed by atoms with Gasteiger partial charge in [-0.25, -0.2) is 14.4 Å². The van der Waals surface area contributed by atoms with Gasteiger partial charge in [0.05, 0.1) is 0 Å². The van der Waals surface area contributed by atoms with Crippen LogP contribution in [0.4, 0.5) is 4.39 Å². The summed E-state index contributed by atoms with van der Waals surface area (Å²) < 4.78 is 13.8. The summed E-state index contributed by atoms with van der Waals surface area (Å²) in [6.07, 6.45) is 5.09. The fourth-order valence-electron chi connectivity index (χ4n) is 1.09. The van der Waals surface area contributed by atoms with E-state index in [-0.39, 0.29) is 8.58 Å². The van der Waals surface area contributed by atoms with E-state index in [1.165, 1.54) is 0 Å². The number of aromatic nitrogens is 2. The Morgan fingerprint density at radius 3 is 2.43 bits per heavy atom. The maximum Gasteiger partial charge on any atom is 0.151 e. The zero-order valence-electron chi connectivity index (χ0n) is 8.84. The van der Waals surface area contributed by atoms with Crippen molar-refractivity contribution in [1.29, 1.82) is 0 Å². The molecule has 0 bridgehead atoms. The van der Waals surface area contributed by atoms with Gasteiger partial charge in [0.15, 0.2) is 5.41 Å². The molecule has 0 aliphatic heterocycles. The molecule has 78 valence electrons. The molecule has 0 amide bonds. The van der Waals surface area contributed by atoms with E-state index in [0.29, 0.717) is 5.56 Å². The van der Waals surface area contributed by atoms with Gasteiger partial charge in [0.25, 0.3) is 0 Å². The van der Waals surface area contributed by atoms with Gasteiger partial charge in [-0.15, -0.1) is 0 Å². The van der Waals surface area contributed by atoms with E-state index < -0.39 is 5.41 Å². The van der Waals surface area contributed by atoms with Crippen molar-refractivity contribution in [2.45, 2.75) is 32.1 Å². The number of halogens is 1. The van der Waals surface area contributed by atoms with E-state index >= 15 is 0 Å². The second-order valence-corrected chi connectivity index (χ2v) is 4.83. The molecule has 4 heteroatoms. The zero-order valence-corrected chi connectivity index (χ0v) is 9.84.